The van der Waals surface area contributed by atoms with Crippen molar-refractivity contribution in [2.45, 2.75) is 51.5 Å². The largest absolute Gasteiger partial charge is 0.334 e. The van der Waals surface area contributed by atoms with Crippen LogP contribution in [0.4, 0.5) is 0 Å². The Morgan fingerprint density at radius 1 is 1.47 bits per heavy atom. The minimum Gasteiger partial charge on any atom is -0.334 e. The molecule has 1 heterocycles. The lowest BCUT2D eigenvalue weighted by molar-refractivity contribution is 0.363. The number of rotatable bonds is 3. The Labute approximate surface area is 108 Å². The summed E-state index contributed by atoms with van der Waals surface area (Å²) in [5, 5.41) is 4.02. The predicted octanol–water partition coefficient (Wildman–Crippen LogP) is 3.03. The Hall–Kier alpha value is -0.870. The first kappa shape index (κ1) is 14.2. The third-order valence-electron chi connectivity index (χ3n) is 3.21. The molecule has 1 aliphatic carbocycles. The van der Waals surface area contributed by atoms with Gasteiger partial charge in [-0.05, 0) is 26.2 Å². The summed E-state index contributed by atoms with van der Waals surface area (Å²) in [6.45, 7) is 4.07. The molecular formula is C12H20ClN3O. The van der Waals surface area contributed by atoms with E-state index in [1.807, 2.05) is 6.92 Å². The van der Waals surface area contributed by atoms with E-state index in [-0.39, 0.29) is 17.9 Å². The second-order valence-corrected chi connectivity index (χ2v) is 4.58. The normalized spacial score (nSPS) is 19.1. The van der Waals surface area contributed by atoms with E-state index in [0.717, 1.165) is 37.7 Å². The molecule has 0 unspecified atom stereocenters. The molecule has 2 rings (SSSR count). The summed E-state index contributed by atoms with van der Waals surface area (Å²) >= 11 is 0. The van der Waals surface area contributed by atoms with E-state index < -0.39 is 0 Å². The van der Waals surface area contributed by atoms with Crippen molar-refractivity contribution < 1.29 is 4.52 Å². The van der Waals surface area contributed by atoms with Crippen LogP contribution in [0, 0.1) is 0 Å². The minimum absolute atomic E-state index is 0. The lowest BCUT2D eigenvalue weighted by Crippen LogP contribution is -2.34. The van der Waals surface area contributed by atoms with Crippen LogP contribution >= 0.6 is 12.4 Å². The second kappa shape index (κ2) is 5.65. The van der Waals surface area contributed by atoms with Crippen LogP contribution in [0.25, 0.3) is 5.57 Å². The van der Waals surface area contributed by atoms with E-state index in [2.05, 4.69) is 23.1 Å². The summed E-state index contributed by atoms with van der Waals surface area (Å²) in [5.41, 5.74) is 6.94. The Balaban J connectivity index is 0.00000144. The quantitative estimate of drug-likeness (QED) is 0.904. The third-order valence-corrected chi connectivity index (χ3v) is 3.21. The van der Waals surface area contributed by atoms with Crippen LogP contribution in [-0.2, 0) is 5.54 Å². The summed E-state index contributed by atoms with van der Waals surface area (Å²) in [4.78, 5) is 4.41. The molecule has 0 amide bonds. The van der Waals surface area contributed by atoms with Gasteiger partial charge in [0, 0.05) is 5.57 Å². The first-order valence-corrected chi connectivity index (χ1v) is 5.96. The molecular weight excluding hydrogens is 238 g/mol. The molecule has 0 atom stereocenters. The molecule has 1 aromatic heterocycles. The number of halogens is 1. The predicted molar refractivity (Wildman–Crippen MR) is 69.8 cm³/mol. The fourth-order valence-corrected chi connectivity index (χ4v) is 2.21. The lowest BCUT2D eigenvalue weighted by atomic mass is 9.99. The standard InChI is InChI=1S/C12H19N3O.ClH/c1-3-6-9(2)10-14-11(15-16-10)12(13)7-4-5-8-12;/h6H,3-5,7-8,13H2,1-2H3;1H/b9-6-;. The first-order chi connectivity index (χ1) is 7.65. The maximum absolute atomic E-state index is 6.26. The van der Waals surface area contributed by atoms with Crippen LogP contribution in [-0.4, -0.2) is 10.1 Å². The molecule has 0 spiro atoms. The molecule has 1 aromatic rings. The van der Waals surface area contributed by atoms with E-state index in [9.17, 15) is 0 Å². The van der Waals surface area contributed by atoms with Gasteiger partial charge in [-0.15, -0.1) is 12.4 Å². The van der Waals surface area contributed by atoms with Crippen molar-refractivity contribution in [2.24, 2.45) is 5.73 Å². The average Bonchev–Trinajstić information content (AvgIpc) is 2.86. The zero-order chi connectivity index (χ0) is 11.6. The molecule has 96 valence electrons. The molecule has 1 aliphatic rings. The molecule has 0 aliphatic heterocycles. The van der Waals surface area contributed by atoms with Gasteiger partial charge in [0.15, 0.2) is 5.82 Å². The first-order valence-electron chi connectivity index (χ1n) is 5.96. The minimum atomic E-state index is -0.353. The Bertz CT molecular complexity index is 394. The van der Waals surface area contributed by atoms with Gasteiger partial charge in [0.1, 0.15) is 0 Å². The second-order valence-electron chi connectivity index (χ2n) is 4.58. The van der Waals surface area contributed by atoms with Gasteiger partial charge in [0.2, 0.25) is 0 Å². The van der Waals surface area contributed by atoms with Crippen molar-refractivity contribution in [3.63, 3.8) is 0 Å². The molecule has 1 saturated carbocycles. The van der Waals surface area contributed by atoms with Gasteiger partial charge in [0.25, 0.3) is 5.89 Å². The van der Waals surface area contributed by atoms with Gasteiger partial charge in [-0.2, -0.15) is 4.98 Å². The van der Waals surface area contributed by atoms with Gasteiger partial charge in [-0.1, -0.05) is 31.0 Å². The Morgan fingerprint density at radius 2 is 2.12 bits per heavy atom. The summed E-state index contributed by atoms with van der Waals surface area (Å²) in [7, 11) is 0. The molecule has 0 saturated heterocycles. The summed E-state index contributed by atoms with van der Waals surface area (Å²) < 4.78 is 5.25. The number of aromatic nitrogens is 2. The van der Waals surface area contributed by atoms with Gasteiger partial charge >= 0.3 is 0 Å². The SMILES string of the molecule is CC/C=C(/C)c1nc(C2(N)CCCC2)no1.Cl. The number of allylic oxidation sites excluding steroid dienone is 2. The van der Waals surface area contributed by atoms with Crippen molar-refractivity contribution >= 4 is 18.0 Å². The van der Waals surface area contributed by atoms with Gasteiger partial charge in [-0.3, -0.25) is 0 Å². The van der Waals surface area contributed by atoms with E-state index in [1.165, 1.54) is 0 Å². The van der Waals surface area contributed by atoms with Crippen LogP contribution in [0.2, 0.25) is 0 Å². The number of hydrogen-bond donors (Lipinski definition) is 1. The van der Waals surface area contributed by atoms with Crippen LogP contribution in [0.15, 0.2) is 10.6 Å². The summed E-state index contributed by atoms with van der Waals surface area (Å²) in [6, 6.07) is 0. The fraction of sp³-hybridized carbons (Fsp3) is 0.667. The van der Waals surface area contributed by atoms with Crippen molar-refractivity contribution in [3.05, 3.63) is 17.8 Å². The highest BCUT2D eigenvalue weighted by Gasteiger charge is 2.35. The van der Waals surface area contributed by atoms with E-state index in [0.29, 0.717) is 11.7 Å². The summed E-state index contributed by atoms with van der Waals surface area (Å²) in [6.07, 6.45) is 7.28. The van der Waals surface area contributed by atoms with Crippen molar-refractivity contribution in [2.75, 3.05) is 0 Å². The van der Waals surface area contributed by atoms with Gasteiger partial charge in [-0.25, -0.2) is 0 Å². The highest BCUT2D eigenvalue weighted by molar-refractivity contribution is 5.85. The van der Waals surface area contributed by atoms with Crippen molar-refractivity contribution in [1.29, 1.82) is 0 Å². The average molecular weight is 258 g/mol. The van der Waals surface area contributed by atoms with E-state index in [1.54, 1.807) is 0 Å². The highest BCUT2D eigenvalue weighted by atomic mass is 35.5. The molecule has 1 fully saturated rings. The molecule has 4 nitrogen and oxygen atoms in total. The molecule has 0 bridgehead atoms. The molecule has 0 aromatic carbocycles. The molecule has 0 radical (unpaired) electrons. The van der Waals surface area contributed by atoms with Gasteiger partial charge < -0.3 is 10.3 Å². The third kappa shape index (κ3) is 2.87. The molecule has 5 heteroatoms. The van der Waals surface area contributed by atoms with Crippen molar-refractivity contribution in [1.82, 2.24) is 10.1 Å². The Kier molecular flexibility index (Phi) is 4.71. The monoisotopic (exact) mass is 257 g/mol. The number of hydrogen-bond acceptors (Lipinski definition) is 4. The summed E-state index contributed by atoms with van der Waals surface area (Å²) in [5.74, 6) is 1.28. The maximum atomic E-state index is 6.26. The smallest absolute Gasteiger partial charge is 0.253 e. The van der Waals surface area contributed by atoms with Crippen molar-refractivity contribution in [3.8, 4) is 0 Å². The zero-order valence-electron chi connectivity index (χ0n) is 10.4. The maximum Gasteiger partial charge on any atom is 0.253 e. The molecule has 17 heavy (non-hydrogen) atoms. The van der Waals surface area contributed by atoms with Crippen LogP contribution in [0.3, 0.4) is 0 Å². The highest BCUT2D eigenvalue weighted by Crippen LogP contribution is 2.34. The van der Waals surface area contributed by atoms with Crippen LogP contribution in [0.1, 0.15) is 57.7 Å². The van der Waals surface area contributed by atoms with Gasteiger partial charge in [0.05, 0.1) is 5.54 Å². The zero-order valence-corrected chi connectivity index (χ0v) is 11.2. The Morgan fingerprint density at radius 3 is 2.71 bits per heavy atom. The van der Waals surface area contributed by atoms with Crippen LogP contribution in [0.5, 0.6) is 0 Å². The number of nitrogens with two attached hydrogens (primary N) is 1. The topological polar surface area (TPSA) is 64.9 Å². The fourth-order valence-electron chi connectivity index (χ4n) is 2.21. The van der Waals surface area contributed by atoms with E-state index >= 15 is 0 Å². The lowest BCUT2D eigenvalue weighted by Gasteiger charge is -2.17. The number of nitrogens with zero attached hydrogens (tertiary/aromatic N) is 2. The van der Waals surface area contributed by atoms with E-state index in [4.69, 9.17) is 10.3 Å². The van der Waals surface area contributed by atoms with Crippen LogP contribution < -0.4 is 5.73 Å². The molecule has 2 N–H and O–H groups in total.